The molecule has 0 spiro atoms. The number of anilines is 2. The van der Waals surface area contributed by atoms with Crippen LogP contribution in [0.15, 0.2) is 17.5 Å². The van der Waals surface area contributed by atoms with Crippen molar-refractivity contribution in [3.63, 3.8) is 0 Å². The number of carbonyl (C=O) groups is 1. The Labute approximate surface area is 132 Å². The second-order valence-electron chi connectivity index (χ2n) is 4.22. The van der Waals surface area contributed by atoms with Crippen LogP contribution >= 0.6 is 34.7 Å². The molecule has 0 atom stereocenters. The summed E-state index contributed by atoms with van der Waals surface area (Å²) in [6.45, 7) is 0. The van der Waals surface area contributed by atoms with Crippen molar-refractivity contribution < 1.29 is 9.90 Å². The van der Waals surface area contributed by atoms with Gasteiger partial charge >= 0.3 is 5.97 Å². The lowest BCUT2D eigenvalue weighted by molar-refractivity contribution is -0.136. The fourth-order valence-corrected chi connectivity index (χ4v) is 3.26. The number of rotatable bonds is 5. The highest BCUT2D eigenvalue weighted by Crippen LogP contribution is 2.33. The van der Waals surface area contributed by atoms with E-state index in [9.17, 15) is 4.79 Å². The summed E-state index contributed by atoms with van der Waals surface area (Å²) in [5.74, 6) is -0.834. The van der Waals surface area contributed by atoms with Crippen molar-refractivity contribution in [2.75, 3.05) is 5.32 Å². The van der Waals surface area contributed by atoms with Crippen LogP contribution < -0.4 is 5.32 Å². The number of carboxylic acid groups (broad SMARTS) is 1. The molecular formula is C12H9ClN4O2S2. The van der Waals surface area contributed by atoms with Gasteiger partial charge in [-0.2, -0.15) is 8.75 Å². The maximum Gasteiger partial charge on any atom is 0.303 e. The van der Waals surface area contributed by atoms with Crippen LogP contribution in [0.1, 0.15) is 12.1 Å². The summed E-state index contributed by atoms with van der Waals surface area (Å²) in [7, 11) is 0. The van der Waals surface area contributed by atoms with Gasteiger partial charge in [-0.05, 0) is 12.1 Å². The van der Waals surface area contributed by atoms with E-state index in [4.69, 9.17) is 16.7 Å². The van der Waals surface area contributed by atoms with Gasteiger partial charge < -0.3 is 10.4 Å². The number of carboxylic acids is 1. The Hall–Kier alpha value is -1.77. The largest absolute Gasteiger partial charge is 0.481 e. The van der Waals surface area contributed by atoms with Crippen molar-refractivity contribution in [3.8, 4) is 0 Å². The van der Waals surface area contributed by atoms with E-state index in [1.165, 1.54) is 11.3 Å². The first kappa shape index (κ1) is 14.2. The van der Waals surface area contributed by atoms with Crippen LogP contribution in [-0.4, -0.2) is 24.8 Å². The fraction of sp³-hybridized carbons (Fsp3) is 0.167. The number of hydrogen-bond acceptors (Lipinski definition) is 7. The first-order valence-electron chi connectivity index (χ1n) is 5.97. The van der Waals surface area contributed by atoms with E-state index in [-0.39, 0.29) is 6.42 Å². The Bertz CT molecular complexity index is 802. The van der Waals surface area contributed by atoms with Crippen molar-refractivity contribution in [3.05, 3.63) is 28.2 Å². The highest BCUT2D eigenvalue weighted by Gasteiger charge is 2.12. The zero-order valence-corrected chi connectivity index (χ0v) is 12.9. The number of fused-ring (bicyclic) bond motifs is 1. The maximum atomic E-state index is 10.6. The Morgan fingerprint density at radius 1 is 1.38 bits per heavy atom. The molecule has 2 N–H and O–H groups in total. The van der Waals surface area contributed by atoms with Gasteiger partial charge in [0.25, 0.3) is 0 Å². The molecule has 6 nitrogen and oxygen atoms in total. The van der Waals surface area contributed by atoms with Gasteiger partial charge in [0.15, 0.2) is 5.13 Å². The maximum absolute atomic E-state index is 10.6. The summed E-state index contributed by atoms with van der Waals surface area (Å²) in [6, 6.07) is 3.57. The minimum Gasteiger partial charge on any atom is -0.481 e. The highest BCUT2D eigenvalue weighted by atomic mass is 35.5. The van der Waals surface area contributed by atoms with Crippen molar-refractivity contribution in [2.24, 2.45) is 0 Å². The van der Waals surface area contributed by atoms with Crippen LogP contribution in [0.25, 0.3) is 11.0 Å². The van der Waals surface area contributed by atoms with Crippen LogP contribution in [0.3, 0.4) is 0 Å². The lowest BCUT2D eigenvalue weighted by atomic mass is 10.2. The molecular weight excluding hydrogens is 332 g/mol. The van der Waals surface area contributed by atoms with Gasteiger partial charge in [0.05, 0.1) is 34.6 Å². The molecule has 0 amide bonds. The molecule has 0 aliphatic heterocycles. The molecule has 3 rings (SSSR count). The van der Waals surface area contributed by atoms with Crippen LogP contribution in [-0.2, 0) is 11.2 Å². The van der Waals surface area contributed by atoms with E-state index < -0.39 is 5.97 Å². The Kier molecular flexibility index (Phi) is 4.00. The van der Waals surface area contributed by atoms with E-state index in [2.05, 4.69) is 19.0 Å². The first-order valence-corrected chi connectivity index (χ1v) is 7.96. The van der Waals surface area contributed by atoms with Gasteiger partial charge in [-0.1, -0.05) is 11.6 Å². The quantitative estimate of drug-likeness (QED) is 0.738. The van der Waals surface area contributed by atoms with Crippen LogP contribution in [0.2, 0.25) is 5.02 Å². The van der Waals surface area contributed by atoms with Gasteiger partial charge in [0.1, 0.15) is 11.0 Å². The summed E-state index contributed by atoms with van der Waals surface area (Å²) in [5, 5.41) is 14.8. The van der Waals surface area contributed by atoms with Crippen molar-refractivity contribution in [2.45, 2.75) is 12.8 Å². The minimum absolute atomic E-state index is 0.0650. The van der Waals surface area contributed by atoms with E-state index in [0.29, 0.717) is 27.8 Å². The predicted octanol–water partition coefficient (Wildman–Crippen LogP) is 3.56. The van der Waals surface area contributed by atoms with Gasteiger partial charge in [0, 0.05) is 11.8 Å². The molecule has 0 radical (unpaired) electrons. The predicted molar refractivity (Wildman–Crippen MR) is 83.8 cm³/mol. The second-order valence-corrected chi connectivity index (χ2v) is 6.01. The summed E-state index contributed by atoms with van der Waals surface area (Å²) < 4.78 is 8.39. The third-order valence-corrected chi connectivity index (χ3v) is 4.42. The number of hydrogen-bond donors (Lipinski definition) is 2. The van der Waals surface area contributed by atoms with E-state index in [0.717, 1.165) is 22.9 Å². The molecule has 0 aliphatic carbocycles. The number of nitrogens with zero attached hydrogens (tertiary/aromatic N) is 3. The lowest BCUT2D eigenvalue weighted by Gasteiger charge is -2.05. The van der Waals surface area contributed by atoms with Gasteiger partial charge in [-0.15, -0.1) is 11.3 Å². The van der Waals surface area contributed by atoms with Crippen molar-refractivity contribution >= 4 is 62.5 Å². The zero-order valence-electron chi connectivity index (χ0n) is 10.5. The smallest absolute Gasteiger partial charge is 0.303 e. The van der Waals surface area contributed by atoms with Crippen molar-refractivity contribution in [1.29, 1.82) is 0 Å². The monoisotopic (exact) mass is 340 g/mol. The normalized spacial score (nSPS) is 10.9. The fourth-order valence-electron chi connectivity index (χ4n) is 1.77. The van der Waals surface area contributed by atoms with Crippen molar-refractivity contribution in [1.82, 2.24) is 13.7 Å². The standard InChI is InChI=1S/C12H9ClN4O2S2/c13-7-2-3-8-11(17-21-16-8)10(7)15-12-14-6(5-20-12)1-4-9(18)19/h2-3,5H,1,4H2,(H,14,15)(H,18,19). The summed E-state index contributed by atoms with van der Waals surface area (Å²) in [6.07, 6.45) is 0.471. The SMILES string of the molecule is O=C(O)CCc1csc(Nc2c(Cl)ccc3nsnc23)n1. The number of benzene rings is 1. The molecule has 9 heteroatoms. The zero-order chi connectivity index (χ0) is 14.8. The Morgan fingerprint density at radius 3 is 3.05 bits per heavy atom. The topological polar surface area (TPSA) is 88.0 Å². The van der Waals surface area contributed by atoms with E-state index >= 15 is 0 Å². The van der Waals surface area contributed by atoms with Gasteiger partial charge in [-0.25, -0.2) is 4.98 Å². The van der Waals surface area contributed by atoms with Gasteiger partial charge in [0.2, 0.25) is 0 Å². The molecule has 2 aromatic heterocycles. The third-order valence-electron chi connectivity index (χ3n) is 2.76. The third kappa shape index (κ3) is 3.12. The molecule has 0 aliphatic rings. The first-order chi connectivity index (χ1) is 10.1. The summed E-state index contributed by atoms with van der Waals surface area (Å²) in [4.78, 5) is 14.9. The second kappa shape index (κ2) is 5.92. The molecule has 0 saturated carbocycles. The average Bonchev–Trinajstić information content (AvgIpc) is 3.08. The molecule has 108 valence electrons. The molecule has 0 bridgehead atoms. The lowest BCUT2D eigenvalue weighted by Crippen LogP contribution is -1.98. The molecule has 21 heavy (non-hydrogen) atoms. The Balaban J connectivity index is 1.83. The summed E-state index contributed by atoms with van der Waals surface area (Å²) in [5.41, 5.74) is 2.89. The molecule has 0 saturated heterocycles. The van der Waals surface area contributed by atoms with Crippen LogP contribution in [0.4, 0.5) is 10.8 Å². The highest BCUT2D eigenvalue weighted by molar-refractivity contribution is 7.13. The molecule has 0 unspecified atom stereocenters. The van der Waals surface area contributed by atoms with Crippen LogP contribution in [0, 0.1) is 0 Å². The number of nitrogens with one attached hydrogen (secondary N) is 1. The number of aryl methyl sites for hydroxylation is 1. The summed E-state index contributed by atoms with van der Waals surface area (Å²) >= 11 is 8.71. The number of thiazole rings is 1. The average molecular weight is 341 g/mol. The van der Waals surface area contributed by atoms with Gasteiger partial charge in [-0.3, -0.25) is 4.79 Å². The molecule has 2 heterocycles. The minimum atomic E-state index is -0.834. The molecule has 0 fully saturated rings. The molecule has 3 aromatic rings. The number of halogens is 1. The van der Waals surface area contributed by atoms with E-state index in [1.807, 2.05) is 11.4 Å². The van der Waals surface area contributed by atoms with E-state index in [1.54, 1.807) is 6.07 Å². The number of aromatic nitrogens is 3. The van der Waals surface area contributed by atoms with Crippen LogP contribution in [0.5, 0.6) is 0 Å². The molecule has 1 aromatic carbocycles. The number of aliphatic carboxylic acids is 1. The Morgan fingerprint density at radius 2 is 2.24 bits per heavy atom.